The number of anilines is 1. The first kappa shape index (κ1) is 18.9. The van der Waals surface area contributed by atoms with E-state index in [9.17, 15) is 14.7 Å². The zero-order valence-corrected chi connectivity index (χ0v) is 15.5. The van der Waals surface area contributed by atoms with Gasteiger partial charge < -0.3 is 15.3 Å². The van der Waals surface area contributed by atoms with Crippen molar-refractivity contribution in [2.24, 2.45) is 5.92 Å². The number of hydrogen-bond donors (Lipinski definition) is 2. The van der Waals surface area contributed by atoms with E-state index in [1.54, 1.807) is 0 Å². The molecule has 5 heteroatoms. The lowest BCUT2D eigenvalue weighted by Crippen LogP contribution is -2.40. The van der Waals surface area contributed by atoms with Gasteiger partial charge in [-0.05, 0) is 42.9 Å². The Morgan fingerprint density at radius 3 is 2.35 bits per heavy atom. The summed E-state index contributed by atoms with van der Waals surface area (Å²) in [5.41, 5.74) is 1.74. The zero-order chi connectivity index (χ0) is 18.4. The fourth-order valence-corrected chi connectivity index (χ4v) is 3.97. The molecule has 5 nitrogen and oxygen atoms in total. The molecule has 1 aliphatic heterocycles. The van der Waals surface area contributed by atoms with Crippen molar-refractivity contribution >= 4 is 17.5 Å². The third-order valence-electron chi connectivity index (χ3n) is 5.66. The molecule has 142 valence electrons. The van der Waals surface area contributed by atoms with Crippen molar-refractivity contribution in [1.29, 1.82) is 0 Å². The maximum Gasteiger partial charge on any atom is 0.226 e. The van der Waals surface area contributed by atoms with E-state index in [0.717, 1.165) is 23.6 Å². The van der Waals surface area contributed by atoms with Crippen molar-refractivity contribution < 1.29 is 14.7 Å². The van der Waals surface area contributed by atoms with Gasteiger partial charge in [0.2, 0.25) is 11.8 Å². The van der Waals surface area contributed by atoms with Crippen molar-refractivity contribution in [3.05, 3.63) is 29.8 Å². The van der Waals surface area contributed by atoms with Crippen LogP contribution >= 0.6 is 0 Å². The molecule has 0 atom stereocenters. The molecule has 26 heavy (non-hydrogen) atoms. The molecule has 2 N–H and O–H groups in total. The first-order chi connectivity index (χ1) is 12.6. The Bertz CT molecular complexity index is 600. The molecule has 1 saturated carbocycles. The van der Waals surface area contributed by atoms with Crippen LogP contribution in [0.2, 0.25) is 0 Å². The molecule has 0 spiro atoms. The highest BCUT2D eigenvalue weighted by molar-refractivity contribution is 5.90. The van der Waals surface area contributed by atoms with Crippen molar-refractivity contribution in [2.45, 2.75) is 63.9 Å². The van der Waals surface area contributed by atoms with Crippen molar-refractivity contribution in [3.63, 3.8) is 0 Å². The molecule has 0 radical (unpaired) electrons. The summed E-state index contributed by atoms with van der Waals surface area (Å²) in [6, 6.07) is 7.55. The fourth-order valence-electron chi connectivity index (χ4n) is 3.97. The van der Waals surface area contributed by atoms with Crippen LogP contribution in [0, 0.1) is 5.92 Å². The first-order valence-electron chi connectivity index (χ1n) is 9.95. The Balaban J connectivity index is 1.42. The topological polar surface area (TPSA) is 69.6 Å². The van der Waals surface area contributed by atoms with Crippen LogP contribution < -0.4 is 5.32 Å². The van der Waals surface area contributed by atoms with Gasteiger partial charge in [0, 0.05) is 25.2 Å². The van der Waals surface area contributed by atoms with E-state index >= 15 is 0 Å². The summed E-state index contributed by atoms with van der Waals surface area (Å²) in [6.07, 6.45) is 8.17. The maximum atomic E-state index is 12.3. The van der Waals surface area contributed by atoms with Crippen LogP contribution in [0.25, 0.3) is 0 Å². The summed E-state index contributed by atoms with van der Waals surface area (Å²) in [7, 11) is 0. The van der Waals surface area contributed by atoms with Crippen LogP contribution in [-0.2, 0) is 16.0 Å². The van der Waals surface area contributed by atoms with Crippen molar-refractivity contribution in [1.82, 2.24) is 4.90 Å². The molecule has 1 aromatic rings. The number of nitrogens with one attached hydrogen (secondary N) is 1. The number of carbonyl (C=O) groups is 2. The third kappa shape index (κ3) is 5.56. The number of piperidine rings is 1. The molecule has 2 amide bonds. The van der Waals surface area contributed by atoms with Gasteiger partial charge >= 0.3 is 0 Å². The maximum absolute atomic E-state index is 12.3. The van der Waals surface area contributed by atoms with Gasteiger partial charge in [-0.15, -0.1) is 0 Å². The Morgan fingerprint density at radius 1 is 1.04 bits per heavy atom. The Morgan fingerprint density at radius 2 is 1.69 bits per heavy atom. The smallest absolute Gasteiger partial charge is 0.226 e. The van der Waals surface area contributed by atoms with Crippen LogP contribution in [0.3, 0.4) is 0 Å². The van der Waals surface area contributed by atoms with E-state index in [1.807, 2.05) is 29.2 Å². The highest BCUT2D eigenvalue weighted by Crippen LogP contribution is 2.28. The molecule has 1 saturated heterocycles. The van der Waals surface area contributed by atoms with Gasteiger partial charge in [0.15, 0.2) is 0 Å². The Labute approximate surface area is 155 Å². The second kappa shape index (κ2) is 9.17. The van der Waals surface area contributed by atoms with Gasteiger partial charge in [-0.25, -0.2) is 0 Å². The number of hydrogen-bond acceptors (Lipinski definition) is 3. The molecule has 1 heterocycles. The zero-order valence-electron chi connectivity index (χ0n) is 15.5. The van der Waals surface area contributed by atoms with E-state index in [0.29, 0.717) is 38.8 Å². The summed E-state index contributed by atoms with van der Waals surface area (Å²) in [6.45, 7) is 1.27. The molecule has 1 aliphatic carbocycles. The molecule has 1 aromatic carbocycles. The van der Waals surface area contributed by atoms with E-state index in [-0.39, 0.29) is 17.9 Å². The quantitative estimate of drug-likeness (QED) is 0.821. The van der Waals surface area contributed by atoms with Crippen LogP contribution in [-0.4, -0.2) is 41.0 Å². The highest BCUT2D eigenvalue weighted by Gasteiger charge is 2.21. The first-order valence-corrected chi connectivity index (χ1v) is 9.95. The molecule has 0 aromatic heterocycles. The van der Waals surface area contributed by atoms with Crippen LogP contribution in [0.5, 0.6) is 0 Å². The van der Waals surface area contributed by atoms with Gasteiger partial charge in [-0.3, -0.25) is 9.59 Å². The summed E-state index contributed by atoms with van der Waals surface area (Å²) < 4.78 is 0. The highest BCUT2D eigenvalue weighted by atomic mass is 16.3. The summed E-state index contributed by atoms with van der Waals surface area (Å²) in [4.78, 5) is 26.2. The van der Waals surface area contributed by atoms with Crippen molar-refractivity contribution in [2.75, 3.05) is 18.4 Å². The number of benzene rings is 1. The minimum atomic E-state index is -0.268. The number of aliphatic hydroxyl groups is 1. The molecular weight excluding hydrogens is 328 g/mol. The van der Waals surface area contributed by atoms with Gasteiger partial charge in [0.1, 0.15) is 0 Å². The van der Waals surface area contributed by atoms with E-state index < -0.39 is 0 Å². The number of likely N-dealkylation sites (tertiary alicyclic amines) is 1. The normalized spacial score (nSPS) is 18.9. The largest absolute Gasteiger partial charge is 0.393 e. The number of aliphatic hydroxyl groups excluding tert-OH is 1. The van der Waals surface area contributed by atoms with Crippen LogP contribution in [0.1, 0.15) is 56.9 Å². The predicted molar refractivity (Wildman–Crippen MR) is 102 cm³/mol. The minimum Gasteiger partial charge on any atom is -0.393 e. The van der Waals surface area contributed by atoms with Gasteiger partial charge in [-0.2, -0.15) is 0 Å². The lowest BCUT2D eigenvalue weighted by atomic mass is 10.0. The lowest BCUT2D eigenvalue weighted by Gasteiger charge is -2.29. The van der Waals surface area contributed by atoms with E-state index in [1.165, 1.54) is 25.7 Å². The third-order valence-corrected chi connectivity index (χ3v) is 5.66. The van der Waals surface area contributed by atoms with Gasteiger partial charge in [-0.1, -0.05) is 37.8 Å². The predicted octanol–water partition coefficient (Wildman–Crippen LogP) is 3.12. The molecular formula is C21H30N2O3. The average molecular weight is 358 g/mol. The van der Waals surface area contributed by atoms with Gasteiger partial charge in [0.05, 0.1) is 12.5 Å². The number of nitrogens with zero attached hydrogens (tertiary/aromatic N) is 1. The minimum absolute atomic E-state index is 0.0765. The van der Waals surface area contributed by atoms with E-state index in [4.69, 9.17) is 0 Å². The number of amides is 2. The average Bonchev–Trinajstić information content (AvgIpc) is 3.16. The second-order valence-electron chi connectivity index (χ2n) is 7.72. The number of rotatable bonds is 6. The molecule has 0 unspecified atom stereocenters. The lowest BCUT2D eigenvalue weighted by molar-refractivity contribution is -0.132. The summed E-state index contributed by atoms with van der Waals surface area (Å²) >= 11 is 0. The van der Waals surface area contributed by atoms with Crippen LogP contribution in [0.4, 0.5) is 5.69 Å². The fraction of sp³-hybridized carbons (Fsp3) is 0.619. The Kier molecular flexibility index (Phi) is 6.67. The number of carbonyl (C=O) groups excluding carboxylic acids is 2. The van der Waals surface area contributed by atoms with E-state index in [2.05, 4.69) is 5.32 Å². The monoisotopic (exact) mass is 358 g/mol. The molecule has 2 fully saturated rings. The molecule has 2 aliphatic rings. The molecule has 0 bridgehead atoms. The SMILES string of the molecule is O=C(CCC1CCCC1)Nc1ccc(CC(=O)N2CCC(O)CC2)cc1. The van der Waals surface area contributed by atoms with Crippen LogP contribution in [0.15, 0.2) is 24.3 Å². The summed E-state index contributed by atoms with van der Waals surface area (Å²) in [5.74, 6) is 0.905. The van der Waals surface area contributed by atoms with Gasteiger partial charge in [0.25, 0.3) is 0 Å². The van der Waals surface area contributed by atoms with Crippen molar-refractivity contribution in [3.8, 4) is 0 Å². The second-order valence-corrected chi connectivity index (χ2v) is 7.72. The Hall–Kier alpha value is -1.88. The standard InChI is InChI=1S/C21H30N2O3/c24-19-11-13-23(14-12-19)21(26)15-17-5-8-18(9-6-17)22-20(25)10-7-16-3-1-2-4-16/h5-6,8-9,16,19,24H,1-4,7,10-15H2,(H,22,25). The molecule has 3 rings (SSSR count). The summed E-state index contributed by atoms with van der Waals surface area (Å²) in [5, 5.41) is 12.5.